The molecular formula is C21H28N4O4. The number of nitro groups is 1. The predicted molar refractivity (Wildman–Crippen MR) is 114 cm³/mol. The van der Waals surface area contributed by atoms with Gasteiger partial charge in [-0.2, -0.15) is 0 Å². The third-order valence-electron chi connectivity index (χ3n) is 4.51. The first-order chi connectivity index (χ1) is 13.9. The lowest BCUT2D eigenvalue weighted by atomic mass is 10.1. The van der Waals surface area contributed by atoms with Crippen molar-refractivity contribution in [2.75, 3.05) is 17.7 Å². The van der Waals surface area contributed by atoms with Gasteiger partial charge in [-0.15, -0.1) is 0 Å². The lowest BCUT2D eigenvalue weighted by Gasteiger charge is -2.20. The molecule has 0 radical (unpaired) electrons. The zero-order chi connectivity index (χ0) is 21.4. The number of carbonyl (C=O) groups is 1. The Balaban J connectivity index is 2.37. The fourth-order valence-electron chi connectivity index (χ4n) is 3.20. The molecule has 1 aromatic carbocycles. The number of nitrogens with zero attached hydrogens (tertiary/aromatic N) is 2. The van der Waals surface area contributed by atoms with E-state index in [2.05, 4.69) is 34.2 Å². The van der Waals surface area contributed by atoms with Gasteiger partial charge in [0, 0.05) is 17.4 Å². The Morgan fingerprint density at radius 3 is 2.34 bits per heavy atom. The molecule has 0 atom stereocenters. The summed E-state index contributed by atoms with van der Waals surface area (Å²) >= 11 is 0. The first-order valence-corrected chi connectivity index (χ1v) is 9.77. The van der Waals surface area contributed by atoms with Crippen LogP contribution in [-0.2, 0) is 4.74 Å². The van der Waals surface area contributed by atoms with E-state index in [1.807, 2.05) is 0 Å². The number of methoxy groups -OCH3 is 1. The van der Waals surface area contributed by atoms with Crippen LogP contribution in [0.5, 0.6) is 0 Å². The molecule has 0 bridgehead atoms. The van der Waals surface area contributed by atoms with Crippen molar-refractivity contribution in [1.82, 2.24) is 4.98 Å². The van der Waals surface area contributed by atoms with Crippen LogP contribution < -0.4 is 10.6 Å². The molecule has 0 fully saturated rings. The van der Waals surface area contributed by atoms with Crippen LogP contribution >= 0.6 is 0 Å². The fraction of sp³-hybridized carbons (Fsp3) is 0.429. The standard InChI is InChI=1S/C21H28N4O4/c1-5-7-16(8-6-2)23-18-13-14(3)22-20(19(18)25(27)28)24-17-11-9-15(10-12-17)21(26)29-4/h9-13,16H,5-8H2,1-4H3,(H2,22,23,24). The normalized spacial score (nSPS) is 10.7. The largest absolute Gasteiger partial charge is 0.465 e. The topological polar surface area (TPSA) is 106 Å². The van der Waals surface area contributed by atoms with Crippen LogP contribution in [0.4, 0.5) is 22.9 Å². The second-order valence-electron chi connectivity index (χ2n) is 6.88. The summed E-state index contributed by atoms with van der Waals surface area (Å²) in [4.78, 5) is 27.3. The van der Waals surface area contributed by atoms with Gasteiger partial charge in [0.15, 0.2) is 0 Å². The smallest absolute Gasteiger partial charge is 0.337 e. The maximum atomic E-state index is 11.8. The number of hydrogen-bond acceptors (Lipinski definition) is 7. The molecule has 156 valence electrons. The maximum Gasteiger partial charge on any atom is 0.337 e. The van der Waals surface area contributed by atoms with Gasteiger partial charge in [-0.1, -0.05) is 26.7 Å². The van der Waals surface area contributed by atoms with Crippen molar-refractivity contribution in [3.05, 3.63) is 51.7 Å². The second-order valence-corrected chi connectivity index (χ2v) is 6.88. The van der Waals surface area contributed by atoms with Crippen LogP contribution in [0.1, 0.15) is 55.6 Å². The van der Waals surface area contributed by atoms with Crippen LogP contribution in [0.15, 0.2) is 30.3 Å². The van der Waals surface area contributed by atoms with Gasteiger partial charge in [0.25, 0.3) is 0 Å². The van der Waals surface area contributed by atoms with Gasteiger partial charge in [-0.25, -0.2) is 9.78 Å². The Hall–Kier alpha value is -3.16. The number of anilines is 3. The highest BCUT2D eigenvalue weighted by Gasteiger charge is 2.24. The molecule has 0 saturated carbocycles. The van der Waals surface area contributed by atoms with E-state index in [9.17, 15) is 14.9 Å². The van der Waals surface area contributed by atoms with Crippen LogP contribution in [0.25, 0.3) is 0 Å². The summed E-state index contributed by atoms with van der Waals surface area (Å²) in [6.07, 6.45) is 3.86. The lowest BCUT2D eigenvalue weighted by Crippen LogP contribution is -2.20. The third-order valence-corrected chi connectivity index (χ3v) is 4.51. The van der Waals surface area contributed by atoms with E-state index in [1.54, 1.807) is 37.3 Å². The molecular weight excluding hydrogens is 372 g/mol. The Kier molecular flexibility index (Phi) is 7.94. The van der Waals surface area contributed by atoms with Crippen molar-refractivity contribution in [3.63, 3.8) is 0 Å². The Labute approximate surface area is 170 Å². The highest BCUT2D eigenvalue weighted by Crippen LogP contribution is 2.35. The minimum absolute atomic E-state index is 0.0927. The quantitative estimate of drug-likeness (QED) is 0.320. The average Bonchev–Trinajstić information content (AvgIpc) is 2.67. The molecule has 2 N–H and O–H groups in total. The summed E-state index contributed by atoms with van der Waals surface area (Å²) in [7, 11) is 1.31. The van der Waals surface area contributed by atoms with E-state index in [-0.39, 0.29) is 17.5 Å². The van der Waals surface area contributed by atoms with Crippen molar-refractivity contribution in [3.8, 4) is 0 Å². The van der Waals surface area contributed by atoms with Crippen molar-refractivity contribution in [1.29, 1.82) is 0 Å². The molecule has 1 aromatic heterocycles. The summed E-state index contributed by atoms with van der Waals surface area (Å²) in [5.74, 6) is -0.282. The monoisotopic (exact) mass is 400 g/mol. The molecule has 0 aliphatic heterocycles. The summed E-state index contributed by atoms with van der Waals surface area (Å²) in [5, 5.41) is 18.2. The first kappa shape index (κ1) is 22.1. The van der Waals surface area contributed by atoms with Gasteiger partial charge >= 0.3 is 11.7 Å². The number of hydrogen-bond donors (Lipinski definition) is 2. The van der Waals surface area contributed by atoms with E-state index in [0.717, 1.165) is 25.7 Å². The van der Waals surface area contributed by atoms with Crippen molar-refractivity contribution < 1.29 is 14.5 Å². The maximum absolute atomic E-state index is 11.8. The summed E-state index contributed by atoms with van der Waals surface area (Å²) < 4.78 is 4.68. The minimum atomic E-state index is -0.444. The molecule has 8 heteroatoms. The molecule has 0 amide bonds. The van der Waals surface area contributed by atoms with Crippen LogP contribution in [0.2, 0.25) is 0 Å². The lowest BCUT2D eigenvalue weighted by molar-refractivity contribution is -0.383. The van der Waals surface area contributed by atoms with Crippen LogP contribution in [0, 0.1) is 17.0 Å². The molecule has 0 aliphatic rings. The number of aryl methyl sites for hydroxylation is 1. The van der Waals surface area contributed by atoms with E-state index >= 15 is 0 Å². The molecule has 2 rings (SSSR count). The molecule has 2 aromatic rings. The van der Waals surface area contributed by atoms with Gasteiger partial charge in [0.05, 0.1) is 17.6 Å². The third kappa shape index (κ3) is 5.91. The summed E-state index contributed by atoms with van der Waals surface area (Å²) in [6, 6.07) is 8.37. The van der Waals surface area contributed by atoms with Crippen molar-refractivity contribution in [2.45, 2.75) is 52.5 Å². The highest BCUT2D eigenvalue weighted by molar-refractivity contribution is 5.90. The highest BCUT2D eigenvalue weighted by atomic mass is 16.6. The van der Waals surface area contributed by atoms with Gasteiger partial charge in [0.1, 0.15) is 5.69 Å². The number of ether oxygens (including phenoxy) is 1. The van der Waals surface area contributed by atoms with Gasteiger partial charge in [0.2, 0.25) is 5.82 Å². The average molecular weight is 400 g/mol. The first-order valence-electron chi connectivity index (χ1n) is 9.77. The van der Waals surface area contributed by atoms with E-state index in [4.69, 9.17) is 0 Å². The molecule has 29 heavy (non-hydrogen) atoms. The zero-order valence-corrected chi connectivity index (χ0v) is 17.3. The Morgan fingerprint density at radius 2 is 1.83 bits per heavy atom. The van der Waals surface area contributed by atoms with Crippen LogP contribution in [0.3, 0.4) is 0 Å². The van der Waals surface area contributed by atoms with E-state index in [0.29, 0.717) is 22.6 Å². The van der Waals surface area contributed by atoms with Crippen LogP contribution in [-0.4, -0.2) is 29.0 Å². The summed E-state index contributed by atoms with van der Waals surface area (Å²) in [5.41, 5.74) is 2.02. The zero-order valence-electron chi connectivity index (χ0n) is 17.3. The number of rotatable bonds is 10. The Bertz CT molecular complexity index is 847. The number of carbonyl (C=O) groups excluding carboxylic acids is 1. The SMILES string of the molecule is CCCC(CCC)Nc1cc(C)nc(Nc2ccc(C(=O)OC)cc2)c1[N+](=O)[O-]. The van der Waals surface area contributed by atoms with Gasteiger partial charge < -0.3 is 15.4 Å². The molecule has 0 aliphatic carbocycles. The van der Waals surface area contributed by atoms with Gasteiger partial charge in [-0.05, 0) is 50.1 Å². The number of aromatic nitrogens is 1. The predicted octanol–water partition coefficient (Wildman–Crippen LogP) is 5.21. The number of esters is 1. The molecule has 0 saturated heterocycles. The number of pyridine rings is 1. The Morgan fingerprint density at radius 1 is 1.21 bits per heavy atom. The summed E-state index contributed by atoms with van der Waals surface area (Å²) in [6.45, 7) is 6.00. The van der Waals surface area contributed by atoms with Crippen molar-refractivity contribution >= 4 is 28.8 Å². The van der Waals surface area contributed by atoms with E-state index < -0.39 is 10.9 Å². The number of nitrogens with one attached hydrogen (secondary N) is 2. The molecule has 8 nitrogen and oxygen atoms in total. The molecule has 0 spiro atoms. The molecule has 0 unspecified atom stereocenters. The van der Waals surface area contributed by atoms with E-state index in [1.165, 1.54) is 7.11 Å². The molecule has 1 heterocycles. The number of benzene rings is 1. The van der Waals surface area contributed by atoms with Crippen molar-refractivity contribution in [2.24, 2.45) is 0 Å². The fourth-order valence-corrected chi connectivity index (χ4v) is 3.20. The second kappa shape index (κ2) is 10.4. The minimum Gasteiger partial charge on any atom is -0.465 e. The van der Waals surface area contributed by atoms with Gasteiger partial charge in [-0.3, -0.25) is 10.1 Å².